The van der Waals surface area contributed by atoms with Crippen molar-refractivity contribution in [3.8, 4) is 5.75 Å². The number of ether oxygens (including phenoxy) is 1. The Bertz CT molecular complexity index is 557. The fourth-order valence-corrected chi connectivity index (χ4v) is 2.88. The first-order valence-corrected chi connectivity index (χ1v) is 8.44. The molecule has 0 aromatic heterocycles. The number of hydrogen-bond donors (Lipinski definition) is 1. The average molecular weight is 352 g/mol. The van der Waals surface area contributed by atoms with Crippen molar-refractivity contribution < 1.29 is 4.74 Å². The summed E-state index contributed by atoms with van der Waals surface area (Å²) in [6, 6.07) is 16.0. The second kappa shape index (κ2) is 7.16. The lowest BCUT2D eigenvalue weighted by atomic mass is 10.0. The van der Waals surface area contributed by atoms with Gasteiger partial charge in [-0.1, -0.05) is 34.1 Å². The van der Waals surface area contributed by atoms with Crippen LogP contribution in [0.2, 0.25) is 0 Å². The summed E-state index contributed by atoms with van der Waals surface area (Å²) >= 11 is 5.28. The van der Waals surface area contributed by atoms with Crippen molar-refractivity contribution in [2.45, 2.75) is 24.0 Å². The van der Waals surface area contributed by atoms with Crippen molar-refractivity contribution in [1.29, 1.82) is 0 Å². The zero-order chi connectivity index (χ0) is 14.5. The van der Waals surface area contributed by atoms with Crippen LogP contribution in [-0.4, -0.2) is 12.3 Å². The maximum Gasteiger partial charge on any atom is 0.140 e. The van der Waals surface area contributed by atoms with E-state index in [4.69, 9.17) is 10.5 Å². The summed E-state index contributed by atoms with van der Waals surface area (Å²) in [5.74, 6) is 0.834. The van der Waals surface area contributed by atoms with Crippen LogP contribution in [0.4, 0.5) is 0 Å². The number of halogens is 1. The van der Waals surface area contributed by atoms with Gasteiger partial charge in [-0.3, -0.25) is 0 Å². The minimum Gasteiger partial charge on any atom is -0.484 e. The van der Waals surface area contributed by atoms with Gasteiger partial charge in [0.2, 0.25) is 0 Å². The molecule has 0 bridgehead atoms. The Morgan fingerprint density at radius 3 is 2.30 bits per heavy atom. The van der Waals surface area contributed by atoms with Crippen LogP contribution in [0.3, 0.4) is 0 Å². The van der Waals surface area contributed by atoms with Crippen molar-refractivity contribution in [2.24, 2.45) is 5.73 Å². The highest BCUT2D eigenvalue weighted by atomic mass is 79.9. The van der Waals surface area contributed by atoms with Crippen molar-refractivity contribution in [2.75, 3.05) is 6.26 Å². The molecular weight excluding hydrogens is 334 g/mol. The fourth-order valence-electron chi connectivity index (χ4n) is 1.96. The average Bonchev–Trinajstić information content (AvgIpc) is 2.46. The molecule has 0 saturated carbocycles. The summed E-state index contributed by atoms with van der Waals surface area (Å²) in [7, 11) is 0. The van der Waals surface area contributed by atoms with E-state index >= 15 is 0 Å². The Morgan fingerprint density at radius 2 is 1.75 bits per heavy atom. The van der Waals surface area contributed by atoms with Crippen LogP contribution in [0, 0.1) is 0 Å². The van der Waals surface area contributed by atoms with Gasteiger partial charge in [0.05, 0.1) is 0 Å². The predicted octanol–water partition coefficient (Wildman–Crippen LogP) is 4.64. The van der Waals surface area contributed by atoms with E-state index in [0.29, 0.717) is 0 Å². The number of nitrogens with two attached hydrogens (primary N) is 1. The second-order valence-corrected chi connectivity index (χ2v) is 6.33. The molecule has 0 saturated heterocycles. The minimum absolute atomic E-state index is 0.103. The molecule has 0 heterocycles. The molecule has 2 unspecified atom stereocenters. The third-order valence-corrected chi connectivity index (χ3v) is 4.48. The molecule has 0 aliphatic carbocycles. The molecular formula is C16H18BrNOS. The van der Waals surface area contributed by atoms with Crippen LogP contribution < -0.4 is 10.5 Å². The van der Waals surface area contributed by atoms with Gasteiger partial charge in [0.15, 0.2) is 0 Å². The first-order valence-electron chi connectivity index (χ1n) is 6.42. The van der Waals surface area contributed by atoms with Crippen LogP contribution in [0.25, 0.3) is 0 Å². The molecule has 20 heavy (non-hydrogen) atoms. The van der Waals surface area contributed by atoms with Gasteiger partial charge in [0.25, 0.3) is 0 Å². The van der Waals surface area contributed by atoms with E-state index in [1.165, 1.54) is 4.90 Å². The van der Waals surface area contributed by atoms with Crippen LogP contribution in [0.5, 0.6) is 5.75 Å². The van der Waals surface area contributed by atoms with Gasteiger partial charge in [-0.15, -0.1) is 11.8 Å². The van der Waals surface area contributed by atoms with Gasteiger partial charge in [-0.25, -0.2) is 0 Å². The second-order valence-electron chi connectivity index (χ2n) is 4.59. The molecule has 0 fully saturated rings. The quantitative estimate of drug-likeness (QED) is 0.797. The summed E-state index contributed by atoms with van der Waals surface area (Å²) in [6.07, 6.45) is 1.88. The van der Waals surface area contributed by atoms with E-state index in [2.05, 4.69) is 34.3 Å². The Kier molecular flexibility index (Phi) is 5.52. The molecule has 106 valence electrons. The third kappa shape index (κ3) is 3.78. The van der Waals surface area contributed by atoms with Crippen LogP contribution in [-0.2, 0) is 0 Å². The van der Waals surface area contributed by atoms with Crippen molar-refractivity contribution in [3.05, 3.63) is 58.6 Å². The van der Waals surface area contributed by atoms with Crippen molar-refractivity contribution in [3.63, 3.8) is 0 Å². The van der Waals surface area contributed by atoms with Crippen LogP contribution in [0.1, 0.15) is 18.6 Å². The highest BCUT2D eigenvalue weighted by molar-refractivity contribution is 9.10. The summed E-state index contributed by atoms with van der Waals surface area (Å²) in [6.45, 7) is 1.96. The standard InChI is InChI=1S/C16H18BrNOS/c1-11(18)16(14-5-3-4-6-15(14)17)19-12-7-9-13(20-2)10-8-12/h3-11,16H,18H2,1-2H3. The molecule has 2 N–H and O–H groups in total. The number of benzene rings is 2. The Hall–Kier alpha value is -0.970. The Morgan fingerprint density at radius 1 is 1.10 bits per heavy atom. The molecule has 2 nitrogen and oxygen atoms in total. The summed E-state index contributed by atoms with van der Waals surface area (Å²) < 4.78 is 7.09. The maximum absolute atomic E-state index is 6.09. The van der Waals surface area contributed by atoms with Gasteiger partial charge in [-0.05, 0) is 43.5 Å². The summed E-state index contributed by atoms with van der Waals surface area (Å²) in [5.41, 5.74) is 7.16. The first kappa shape index (κ1) is 15.4. The van der Waals surface area contributed by atoms with Gasteiger partial charge < -0.3 is 10.5 Å². The highest BCUT2D eigenvalue weighted by Gasteiger charge is 2.20. The van der Waals surface area contributed by atoms with Crippen LogP contribution >= 0.6 is 27.7 Å². The van der Waals surface area contributed by atoms with Crippen molar-refractivity contribution >= 4 is 27.7 Å². The topological polar surface area (TPSA) is 35.2 Å². The SMILES string of the molecule is CSc1ccc(OC(c2ccccc2Br)C(C)N)cc1. The Labute approximate surface area is 132 Å². The molecule has 4 heteroatoms. The molecule has 2 aromatic rings. The third-order valence-electron chi connectivity index (χ3n) is 3.01. The molecule has 0 aliphatic rings. The monoisotopic (exact) mass is 351 g/mol. The largest absolute Gasteiger partial charge is 0.484 e. The van der Waals surface area contributed by atoms with Gasteiger partial charge >= 0.3 is 0 Å². The fraction of sp³-hybridized carbons (Fsp3) is 0.250. The molecule has 0 spiro atoms. The van der Waals surface area contributed by atoms with E-state index in [-0.39, 0.29) is 12.1 Å². The molecule has 2 rings (SSSR count). The van der Waals surface area contributed by atoms with E-state index in [1.54, 1.807) is 11.8 Å². The predicted molar refractivity (Wildman–Crippen MR) is 89.4 cm³/mol. The van der Waals surface area contributed by atoms with Crippen molar-refractivity contribution in [1.82, 2.24) is 0 Å². The smallest absolute Gasteiger partial charge is 0.140 e. The van der Waals surface area contributed by atoms with E-state index in [9.17, 15) is 0 Å². The molecule has 2 atom stereocenters. The molecule has 0 aliphatic heterocycles. The lowest BCUT2D eigenvalue weighted by Crippen LogP contribution is -2.29. The molecule has 2 aromatic carbocycles. The number of thioether (sulfide) groups is 1. The molecule has 0 amide bonds. The van der Waals surface area contributed by atoms with E-state index in [0.717, 1.165) is 15.8 Å². The van der Waals surface area contributed by atoms with Crippen LogP contribution in [0.15, 0.2) is 57.9 Å². The number of hydrogen-bond acceptors (Lipinski definition) is 3. The summed E-state index contributed by atoms with van der Waals surface area (Å²) in [4.78, 5) is 1.22. The normalized spacial score (nSPS) is 13.8. The maximum atomic E-state index is 6.09. The zero-order valence-corrected chi connectivity index (χ0v) is 13.9. The molecule has 0 radical (unpaired) electrons. The zero-order valence-electron chi connectivity index (χ0n) is 11.5. The van der Waals surface area contributed by atoms with E-state index < -0.39 is 0 Å². The van der Waals surface area contributed by atoms with Gasteiger partial charge in [0, 0.05) is 21.0 Å². The lowest BCUT2D eigenvalue weighted by Gasteiger charge is -2.24. The summed E-state index contributed by atoms with van der Waals surface area (Å²) in [5, 5.41) is 0. The van der Waals surface area contributed by atoms with E-state index in [1.807, 2.05) is 43.3 Å². The Balaban J connectivity index is 2.23. The number of rotatable bonds is 5. The van der Waals surface area contributed by atoms with Gasteiger partial charge in [0.1, 0.15) is 11.9 Å². The first-order chi connectivity index (χ1) is 9.61. The minimum atomic E-state index is -0.175. The highest BCUT2D eigenvalue weighted by Crippen LogP contribution is 2.30. The lowest BCUT2D eigenvalue weighted by molar-refractivity contribution is 0.179. The van der Waals surface area contributed by atoms with Gasteiger partial charge in [-0.2, -0.15) is 0 Å².